The molecule has 1 heteroatoms. The van der Waals surface area contributed by atoms with E-state index in [9.17, 15) is 0 Å². The average molecular weight is 375 g/mol. The Bertz CT molecular complexity index is 386. The van der Waals surface area contributed by atoms with Crippen molar-refractivity contribution in [2.75, 3.05) is 13.2 Å². The molecule has 1 aromatic rings. The molecule has 0 radical (unpaired) electrons. The van der Waals surface area contributed by atoms with Crippen LogP contribution in [-0.2, 0) is 11.2 Å². The van der Waals surface area contributed by atoms with Crippen molar-refractivity contribution in [3.63, 3.8) is 0 Å². The van der Waals surface area contributed by atoms with Crippen molar-refractivity contribution in [2.45, 2.75) is 116 Å². The standard InChI is InChI=1S/C26H46O/c1-2-3-19-24-27-25-20-14-12-10-8-6-4-5-7-9-11-13-16-21-26-22-17-15-18-23-26/h15,17-18,22-23H,2-14,16,19-21,24-25H2,1H3. The molecule has 0 aliphatic rings. The molecule has 1 rings (SSSR count). The SMILES string of the molecule is CCCCCOCCCCCCCCCCCCCCCc1ccccc1. The van der Waals surface area contributed by atoms with Gasteiger partial charge in [0.2, 0.25) is 0 Å². The van der Waals surface area contributed by atoms with Gasteiger partial charge in [-0.2, -0.15) is 0 Å². The summed E-state index contributed by atoms with van der Waals surface area (Å²) in [7, 11) is 0. The molecule has 27 heavy (non-hydrogen) atoms. The maximum Gasteiger partial charge on any atom is 0.0466 e. The first-order chi connectivity index (χ1) is 13.4. The predicted octanol–water partition coefficient (Wildman–Crippen LogP) is 8.51. The van der Waals surface area contributed by atoms with Gasteiger partial charge in [-0.1, -0.05) is 121 Å². The minimum atomic E-state index is 0.973. The largest absolute Gasteiger partial charge is 0.381 e. The molecule has 0 amide bonds. The van der Waals surface area contributed by atoms with Gasteiger partial charge in [-0.3, -0.25) is 0 Å². The third kappa shape index (κ3) is 17.0. The van der Waals surface area contributed by atoms with E-state index < -0.39 is 0 Å². The van der Waals surface area contributed by atoms with Crippen molar-refractivity contribution in [1.29, 1.82) is 0 Å². The van der Waals surface area contributed by atoms with E-state index in [-0.39, 0.29) is 0 Å². The van der Waals surface area contributed by atoms with E-state index in [1.807, 2.05) is 0 Å². The molecule has 0 saturated heterocycles. The second-order valence-corrected chi connectivity index (χ2v) is 8.15. The van der Waals surface area contributed by atoms with Crippen LogP contribution in [0, 0.1) is 0 Å². The Morgan fingerprint density at radius 1 is 0.519 bits per heavy atom. The van der Waals surface area contributed by atoms with Gasteiger partial charge in [0.1, 0.15) is 0 Å². The normalized spacial score (nSPS) is 11.1. The van der Waals surface area contributed by atoms with Crippen LogP contribution in [0.5, 0.6) is 0 Å². The van der Waals surface area contributed by atoms with Crippen LogP contribution in [0.25, 0.3) is 0 Å². The van der Waals surface area contributed by atoms with Crippen molar-refractivity contribution in [2.24, 2.45) is 0 Å². The van der Waals surface area contributed by atoms with Crippen LogP contribution < -0.4 is 0 Å². The van der Waals surface area contributed by atoms with Gasteiger partial charge in [0.15, 0.2) is 0 Å². The van der Waals surface area contributed by atoms with E-state index in [1.54, 1.807) is 0 Å². The van der Waals surface area contributed by atoms with E-state index in [1.165, 1.54) is 115 Å². The number of aryl methyl sites for hydroxylation is 1. The predicted molar refractivity (Wildman–Crippen MR) is 121 cm³/mol. The van der Waals surface area contributed by atoms with Gasteiger partial charge in [-0.25, -0.2) is 0 Å². The number of hydrogen-bond donors (Lipinski definition) is 0. The fraction of sp³-hybridized carbons (Fsp3) is 0.769. The van der Waals surface area contributed by atoms with Crippen molar-refractivity contribution < 1.29 is 4.74 Å². The van der Waals surface area contributed by atoms with Crippen LogP contribution >= 0.6 is 0 Å². The molecule has 0 bridgehead atoms. The fourth-order valence-corrected chi connectivity index (χ4v) is 3.68. The van der Waals surface area contributed by atoms with Crippen LogP contribution in [0.2, 0.25) is 0 Å². The minimum absolute atomic E-state index is 0.973. The fourth-order valence-electron chi connectivity index (χ4n) is 3.68. The second kappa shape index (κ2) is 19.9. The van der Waals surface area contributed by atoms with Crippen molar-refractivity contribution in [1.82, 2.24) is 0 Å². The monoisotopic (exact) mass is 374 g/mol. The minimum Gasteiger partial charge on any atom is -0.381 e. The molecule has 156 valence electrons. The molecule has 0 atom stereocenters. The number of unbranched alkanes of at least 4 members (excludes halogenated alkanes) is 14. The summed E-state index contributed by atoms with van der Waals surface area (Å²) in [6.45, 7) is 4.20. The number of benzene rings is 1. The lowest BCUT2D eigenvalue weighted by Crippen LogP contribution is -1.96. The molecule has 0 fully saturated rings. The summed E-state index contributed by atoms with van der Waals surface area (Å²) in [6, 6.07) is 10.9. The first kappa shape index (κ1) is 24.2. The van der Waals surface area contributed by atoms with Crippen molar-refractivity contribution in [3.8, 4) is 0 Å². The van der Waals surface area contributed by atoms with Gasteiger partial charge in [0.25, 0.3) is 0 Å². The van der Waals surface area contributed by atoms with Gasteiger partial charge in [-0.15, -0.1) is 0 Å². The smallest absolute Gasteiger partial charge is 0.0466 e. The van der Waals surface area contributed by atoms with Crippen molar-refractivity contribution >= 4 is 0 Å². The highest BCUT2D eigenvalue weighted by Gasteiger charge is 1.96. The van der Waals surface area contributed by atoms with Gasteiger partial charge in [0, 0.05) is 13.2 Å². The summed E-state index contributed by atoms with van der Waals surface area (Å²) in [5.41, 5.74) is 1.50. The molecule has 0 saturated carbocycles. The van der Waals surface area contributed by atoms with E-state index in [0.717, 1.165) is 13.2 Å². The highest BCUT2D eigenvalue weighted by molar-refractivity contribution is 5.14. The summed E-state index contributed by atoms with van der Waals surface area (Å²) >= 11 is 0. The Morgan fingerprint density at radius 3 is 1.48 bits per heavy atom. The summed E-state index contributed by atoms with van der Waals surface area (Å²) in [5, 5.41) is 0. The zero-order chi connectivity index (χ0) is 19.3. The van der Waals surface area contributed by atoms with E-state index in [2.05, 4.69) is 37.3 Å². The molecular weight excluding hydrogens is 328 g/mol. The Labute approximate surface area is 170 Å². The third-order valence-corrected chi connectivity index (χ3v) is 5.49. The summed E-state index contributed by atoms with van der Waals surface area (Å²) in [5.74, 6) is 0. The van der Waals surface area contributed by atoms with Crippen LogP contribution in [0.1, 0.15) is 115 Å². The topological polar surface area (TPSA) is 9.23 Å². The van der Waals surface area contributed by atoms with Crippen LogP contribution in [0.4, 0.5) is 0 Å². The molecule has 0 aromatic heterocycles. The molecule has 0 N–H and O–H groups in total. The van der Waals surface area contributed by atoms with Gasteiger partial charge in [0.05, 0.1) is 0 Å². The second-order valence-electron chi connectivity index (χ2n) is 8.15. The molecule has 1 aromatic carbocycles. The zero-order valence-electron chi connectivity index (χ0n) is 18.2. The molecule has 0 spiro atoms. The van der Waals surface area contributed by atoms with Crippen LogP contribution in [0.15, 0.2) is 30.3 Å². The average Bonchev–Trinajstić information content (AvgIpc) is 2.70. The van der Waals surface area contributed by atoms with E-state index in [0.29, 0.717) is 0 Å². The third-order valence-electron chi connectivity index (χ3n) is 5.49. The lowest BCUT2D eigenvalue weighted by Gasteiger charge is -2.05. The lowest BCUT2D eigenvalue weighted by molar-refractivity contribution is 0.126. The lowest BCUT2D eigenvalue weighted by atomic mass is 10.0. The molecule has 0 aliphatic heterocycles. The number of ether oxygens (including phenoxy) is 1. The highest BCUT2D eigenvalue weighted by Crippen LogP contribution is 2.13. The van der Waals surface area contributed by atoms with Crippen molar-refractivity contribution in [3.05, 3.63) is 35.9 Å². The first-order valence-electron chi connectivity index (χ1n) is 12.0. The van der Waals surface area contributed by atoms with Crippen LogP contribution in [-0.4, -0.2) is 13.2 Å². The Balaban J connectivity index is 1.67. The van der Waals surface area contributed by atoms with Gasteiger partial charge < -0.3 is 4.74 Å². The summed E-state index contributed by atoms with van der Waals surface area (Å²) < 4.78 is 5.67. The summed E-state index contributed by atoms with van der Waals surface area (Å²) in [4.78, 5) is 0. The number of rotatable bonds is 20. The quantitative estimate of drug-likeness (QED) is 0.208. The highest BCUT2D eigenvalue weighted by atomic mass is 16.5. The maximum atomic E-state index is 5.67. The molecule has 0 heterocycles. The summed E-state index contributed by atoms with van der Waals surface area (Å²) in [6.07, 6.45) is 23.4. The molecule has 0 unspecified atom stereocenters. The zero-order valence-corrected chi connectivity index (χ0v) is 18.2. The number of hydrogen-bond acceptors (Lipinski definition) is 1. The van der Waals surface area contributed by atoms with Gasteiger partial charge >= 0.3 is 0 Å². The Kier molecular flexibility index (Phi) is 17.9. The molecule has 1 nitrogen and oxygen atoms in total. The molecule has 0 aliphatic carbocycles. The maximum absolute atomic E-state index is 5.67. The van der Waals surface area contributed by atoms with Crippen LogP contribution in [0.3, 0.4) is 0 Å². The Hall–Kier alpha value is -0.820. The van der Waals surface area contributed by atoms with E-state index >= 15 is 0 Å². The van der Waals surface area contributed by atoms with E-state index in [4.69, 9.17) is 4.74 Å². The molecular formula is C26H46O. The Morgan fingerprint density at radius 2 is 0.963 bits per heavy atom. The van der Waals surface area contributed by atoms with Gasteiger partial charge in [-0.05, 0) is 31.2 Å². The first-order valence-corrected chi connectivity index (χ1v) is 12.0.